The van der Waals surface area contributed by atoms with Gasteiger partial charge in [0.05, 0.1) is 13.2 Å². The van der Waals surface area contributed by atoms with Gasteiger partial charge in [-0.1, -0.05) is 26.3 Å². The first-order valence-electron chi connectivity index (χ1n) is 10.4. The Balaban J connectivity index is 1.52. The van der Waals surface area contributed by atoms with E-state index in [2.05, 4.69) is 20.8 Å². The smallest absolute Gasteiger partial charge is 0.174 e. The molecule has 0 aromatic heterocycles. The van der Waals surface area contributed by atoms with Crippen LogP contribution in [0, 0.1) is 22.7 Å². The first-order chi connectivity index (χ1) is 11.9. The minimum Gasteiger partial charge on any atom is -0.347 e. The van der Waals surface area contributed by atoms with E-state index in [1.807, 2.05) is 6.08 Å². The monoisotopic (exact) mass is 346 g/mol. The summed E-state index contributed by atoms with van der Waals surface area (Å²) in [6.07, 6.45) is 12.1. The molecule has 4 rings (SSSR count). The molecule has 0 radical (unpaired) electrons. The number of allylic oxidation sites excluding steroid dienone is 2. The number of rotatable bonds is 3. The highest BCUT2D eigenvalue weighted by Crippen LogP contribution is 2.59. The standard InChI is InChI=1S/C22H34O3/c1-16-7-12-22(24-13-14-25-22)21(16,3)11-8-17-5-4-6-18-15-19(23)9-10-20(17,18)2/h15-17H,4-14H2,1-3H3/t16-,17-,20?,21?/m1/s1. The van der Waals surface area contributed by atoms with Crippen LogP contribution < -0.4 is 0 Å². The maximum atomic E-state index is 11.9. The number of hydrogen-bond acceptors (Lipinski definition) is 3. The van der Waals surface area contributed by atoms with Gasteiger partial charge in [0, 0.05) is 18.3 Å². The van der Waals surface area contributed by atoms with Crippen molar-refractivity contribution in [2.45, 2.75) is 84.3 Å². The molecule has 3 fully saturated rings. The maximum absolute atomic E-state index is 11.9. The van der Waals surface area contributed by atoms with Crippen LogP contribution in [0.4, 0.5) is 0 Å². The Hall–Kier alpha value is -0.670. The fourth-order valence-electron chi connectivity index (χ4n) is 6.35. The van der Waals surface area contributed by atoms with Crippen LogP contribution in [0.2, 0.25) is 0 Å². The summed E-state index contributed by atoms with van der Waals surface area (Å²) in [6.45, 7) is 8.71. The van der Waals surface area contributed by atoms with Gasteiger partial charge in [0.15, 0.2) is 11.6 Å². The van der Waals surface area contributed by atoms with Crippen LogP contribution >= 0.6 is 0 Å². The van der Waals surface area contributed by atoms with Crippen molar-refractivity contribution in [3.63, 3.8) is 0 Å². The van der Waals surface area contributed by atoms with Crippen molar-refractivity contribution in [3.8, 4) is 0 Å². The Kier molecular flexibility index (Phi) is 4.39. The zero-order valence-corrected chi connectivity index (χ0v) is 16.2. The molecule has 0 N–H and O–H groups in total. The topological polar surface area (TPSA) is 35.5 Å². The predicted molar refractivity (Wildman–Crippen MR) is 98.1 cm³/mol. The lowest BCUT2D eigenvalue weighted by molar-refractivity contribution is -0.227. The number of carbonyl (C=O) groups is 1. The summed E-state index contributed by atoms with van der Waals surface area (Å²) in [4.78, 5) is 11.9. The third-order valence-electron chi connectivity index (χ3n) is 8.49. The van der Waals surface area contributed by atoms with Crippen molar-refractivity contribution in [1.82, 2.24) is 0 Å². The van der Waals surface area contributed by atoms with Gasteiger partial charge in [-0.15, -0.1) is 0 Å². The minimum absolute atomic E-state index is 0.117. The highest BCUT2D eigenvalue weighted by molar-refractivity contribution is 5.91. The SMILES string of the molecule is C[C@@H]1CCC2(OCCO2)C1(C)CC[C@H]1CCCC2=CC(=O)CCC21C. The lowest BCUT2D eigenvalue weighted by atomic mass is 9.57. The van der Waals surface area contributed by atoms with Gasteiger partial charge in [-0.05, 0) is 68.3 Å². The maximum Gasteiger partial charge on any atom is 0.174 e. The van der Waals surface area contributed by atoms with E-state index in [1.165, 1.54) is 37.7 Å². The van der Waals surface area contributed by atoms with Crippen molar-refractivity contribution in [2.75, 3.05) is 13.2 Å². The number of carbonyl (C=O) groups excluding carboxylic acids is 1. The fraction of sp³-hybridized carbons (Fsp3) is 0.864. The molecule has 3 nitrogen and oxygen atoms in total. The van der Waals surface area contributed by atoms with Crippen molar-refractivity contribution in [1.29, 1.82) is 0 Å². The third-order valence-corrected chi connectivity index (χ3v) is 8.49. The highest BCUT2D eigenvalue weighted by atomic mass is 16.7. The Morgan fingerprint density at radius 1 is 1.12 bits per heavy atom. The summed E-state index contributed by atoms with van der Waals surface area (Å²) in [7, 11) is 0. The second kappa shape index (κ2) is 6.20. The molecule has 4 aliphatic rings. The molecule has 2 unspecified atom stereocenters. The van der Waals surface area contributed by atoms with Gasteiger partial charge in [0.25, 0.3) is 0 Å². The number of ether oxygens (including phenoxy) is 2. The van der Waals surface area contributed by atoms with Crippen LogP contribution in [0.3, 0.4) is 0 Å². The van der Waals surface area contributed by atoms with Gasteiger partial charge in [-0.25, -0.2) is 0 Å². The summed E-state index contributed by atoms with van der Waals surface area (Å²) in [6, 6.07) is 0. The van der Waals surface area contributed by atoms with E-state index in [-0.39, 0.29) is 16.6 Å². The molecule has 1 aliphatic heterocycles. The average molecular weight is 347 g/mol. The van der Waals surface area contributed by atoms with Crippen LogP contribution in [0.1, 0.15) is 78.6 Å². The summed E-state index contributed by atoms with van der Waals surface area (Å²) in [5, 5.41) is 0. The van der Waals surface area contributed by atoms with E-state index in [0.717, 1.165) is 38.9 Å². The molecular weight excluding hydrogens is 312 g/mol. The van der Waals surface area contributed by atoms with Crippen LogP contribution in [-0.4, -0.2) is 24.8 Å². The molecular formula is C22H34O3. The number of ketones is 1. The number of fused-ring (bicyclic) bond motifs is 1. The zero-order chi connectivity index (χ0) is 17.7. The van der Waals surface area contributed by atoms with E-state index < -0.39 is 0 Å². The Morgan fingerprint density at radius 2 is 1.88 bits per heavy atom. The lowest BCUT2D eigenvalue weighted by Gasteiger charge is -2.48. The van der Waals surface area contributed by atoms with E-state index in [9.17, 15) is 4.79 Å². The van der Waals surface area contributed by atoms with Crippen molar-refractivity contribution < 1.29 is 14.3 Å². The van der Waals surface area contributed by atoms with Gasteiger partial charge in [0.1, 0.15) is 0 Å². The fourth-order valence-corrected chi connectivity index (χ4v) is 6.35. The molecule has 0 bridgehead atoms. The quantitative estimate of drug-likeness (QED) is 0.718. The van der Waals surface area contributed by atoms with Crippen LogP contribution in [-0.2, 0) is 14.3 Å². The third kappa shape index (κ3) is 2.65. The molecule has 140 valence electrons. The van der Waals surface area contributed by atoms with Crippen molar-refractivity contribution in [3.05, 3.63) is 11.6 Å². The molecule has 1 saturated heterocycles. The molecule has 4 atom stereocenters. The first kappa shape index (κ1) is 17.7. The van der Waals surface area contributed by atoms with Gasteiger partial charge in [-0.3, -0.25) is 4.79 Å². The summed E-state index contributed by atoms with van der Waals surface area (Å²) < 4.78 is 12.4. The first-order valence-corrected chi connectivity index (χ1v) is 10.4. The molecule has 0 aromatic rings. The average Bonchev–Trinajstić information content (AvgIpc) is 3.16. The molecule has 1 spiro atoms. The summed E-state index contributed by atoms with van der Waals surface area (Å²) in [5.74, 6) is 1.35. The van der Waals surface area contributed by atoms with E-state index in [1.54, 1.807) is 0 Å². The Morgan fingerprint density at radius 3 is 2.64 bits per heavy atom. The van der Waals surface area contributed by atoms with Crippen LogP contribution in [0.5, 0.6) is 0 Å². The van der Waals surface area contributed by atoms with Gasteiger partial charge < -0.3 is 9.47 Å². The van der Waals surface area contributed by atoms with Crippen molar-refractivity contribution in [2.24, 2.45) is 22.7 Å². The van der Waals surface area contributed by atoms with Crippen LogP contribution in [0.15, 0.2) is 11.6 Å². The molecule has 25 heavy (non-hydrogen) atoms. The zero-order valence-electron chi connectivity index (χ0n) is 16.2. The highest BCUT2D eigenvalue weighted by Gasteiger charge is 2.59. The second-order valence-corrected chi connectivity index (χ2v) is 9.49. The van der Waals surface area contributed by atoms with E-state index >= 15 is 0 Å². The van der Waals surface area contributed by atoms with Crippen molar-refractivity contribution >= 4 is 5.78 Å². The molecule has 1 heterocycles. The molecule has 0 aromatic carbocycles. The summed E-state index contributed by atoms with van der Waals surface area (Å²) >= 11 is 0. The summed E-state index contributed by atoms with van der Waals surface area (Å²) in [5.41, 5.74) is 1.80. The second-order valence-electron chi connectivity index (χ2n) is 9.49. The van der Waals surface area contributed by atoms with E-state index in [0.29, 0.717) is 17.6 Å². The minimum atomic E-state index is -0.330. The molecule has 0 amide bonds. The van der Waals surface area contributed by atoms with E-state index in [4.69, 9.17) is 9.47 Å². The van der Waals surface area contributed by atoms with Gasteiger partial charge in [-0.2, -0.15) is 0 Å². The Bertz CT molecular complexity index is 574. The van der Waals surface area contributed by atoms with Gasteiger partial charge >= 0.3 is 0 Å². The predicted octanol–water partition coefficient (Wildman–Crippen LogP) is 5.04. The van der Waals surface area contributed by atoms with Crippen LogP contribution in [0.25, 0.3) is 0 Å². The molecule has 3 heteroatoms. The largest absolute Gasteiger partial charge is 0.347 e. The molecule has 3 aliphatic carbocycles. The molecule has 2 saturated carbocycles. The van der Waals surface area contributed by atoms with Gasteiger partial charge in [0.2, 0.25) is 0 Å². The Labute approximate surface area is 152 Å². The normalized spacial score (nSPS) is 43.3. The number of hydrogen-bond donors (Lipinski definition) is 0. The lowest BCUT2D eigenvalue weighted by Crippen LogP contribution is -2.46.